The number of rotatable bonds is 5. The molecule has 0 radical (unpaired) electrons. The van der Waals surface area contributed by atoms with Gasteiger partial charge in [0, 0.05) is 12.0 Å². The van der Waals surface area contributed by atoms with Crippen molar-refractivity contribution in [2.45, 2.75) is 25.3 Å². The Labute approximate surface area is 139 Å². The third-order valence-corrected chi connectivity index (χ3v) is 4.63. The lowest BCUT2D eigenvalue weighted by Crippen LogP contribution is -2.21. The van der Waals surface area contributed by atoms with Crippen LogP contribution in [-0.2, 0) is 6.54 Å². The fourth-order valence-electron chi connectivity index (χ4n) is 2.06. The van der Waals surface area contributed by atoms with Crippen LogP contribution < -0.4 is 5.32 Å². The molecule has 0 unspecified atom stereocenters. The van der Waals surface area contributed by atoms with E-state index in [-0.39, 0.29) is 12.5 Å². The van der Waals surface area contributed by atoms with Crippen LogP contribution in [0.25, 0.3) is 11.5 Å². The Bertz CT molecular complexity index is 852. The lowest BCUT2D eigenvalue weighted by molar-refractivity contribution is 0.0950. The summed E-state index contributed by atoms with van der Waals surface area (Å²) in [6.45, 7) is 0.134. The van der Waals surface area contributed by atoms with Gasteiger partial charge in [0.15, 0.2) is 5.69 Å². The van der Waals surface area contributed by atoms with Crippen molar-refractivity contribution in [2.75, 3.05) is 0 Å². The first-order chi connectivity index (χ1) is 11.2. The molecule has 0 aliphatic heterocycles. The molecule has 1 saturated carbocycles. The molecule has 9 heteroatoms. The molecule has 4 rings (SSSR count). The van der Waals surface area contributed by atoms with Gasteiger partial charge < -0.3 is 14.4 Å². The fraction of sp³-hybridized carbons (Fsp3) is 0.286. The Balaban J connectivity index is 1.40. The molecule has 3 heterocycles. The summed E-state index contributed by atoms with van der Waals surface area (Å²) in [5.41, 5.74) is 0.540. The number of nitrogens with one attached hydrogen (secondary N) is 1. The van der Waals surface area contributed by atoms with Crippen molar-refractivity contribution in [1.82, 2.24) is 20.6 Å². The van der Waals surface area contributed by atoms with Crippen molar-refractivity contribution in [1.29, 1.82) is 0 Å². The highest BCUT2D eigenvalue weighted by Gasteiger charge is 2.28. The highest BCUT2D eigenvalue weighted by Crippen LogP contribution is 2.40. The molecule has 7 nitrogen and oxygen atoms in total. The summed E-state index contributed by atoms with van der Waals surface area (Å²) in [7, 11) is 0. The van der Waals surface area contributed by atoms with Crippen molar-refractivity contribution >= 4 is 28.8 Å². The van der Waals surface area contributed by atoms with Crippen molar-refractivity contribution in [3.63, 3.8) is 0 Å². The lowest BCUT2D eigenvalue weighted by atomic mass is 10.3. The number of carbonyl (C=O) groups is 1. The quantitative estimate of drug-likeness (QED) is 0.759. The topological polar surface area (TPSA) is 94.1 Å². The minimum atomic E-state index is -0.237. The Morgan fingerprint density at radius 1 is 1.35 bits per heavy atom. The van der Waals surface area contributed by atoms with E-state index in [0.29, 0.717) is 32.5 Å². The van der Waals surface area contributed by atoms with Gasteiger partial charge in [-0.15, -0.1) is 11.3 Å². The predicted molar refractivity (Wildman–Crippen MR) is 82.3 cm³/mol. The number of halogens is 1. The SMILES string of the molecule is O=C(NCc1nc(-c2cc(C3CC3)on2)no1)c1ccc(Cl)s1. The number of amides is 1. The summed E-state index contributed by atoms with van der Waals surface area (Å²) >= 11 is 7.01. The fourth-order valence-corrected chi connectivity index (χ4v) is 3.02. The first-order valence-corrected chi connectivity index (χ1v) is 8.21. The molecule has 1 aliphatic carbocycles. The smallest absolute Gasteiger partial charge is 0.261 e. The van der Waals surface area contributed by atoms with E-state index in [1.165, 1.54) is 11.3 Å². The minimum Gasteiger partial charge on any atom is -0.360 e. The summed E-state index contributed by atoms with van der Waals surface area (Å²) in [5.74, 6) is 1.74. The molecule has 1 amide bonds. The number of nitrogens with zero attached hydrogens (tertiary/aromatic N) is 3. The third kappa shape index (κ3) is 3.13. The van der Waals surface area contributed by atoms with Crippen LogP contribution >= 0.6 is 22.9 Å². The number of thiophene rings is 1. The van der Waals surface area contributed by atoms with Gasteiger partial charge in [-0.3, -0.25) is 4.79 Å². The van der Waals surface area contributed by atoms with Crippen LogP contribution in [0.3, 0.4) is 0 Å². The van der Waals surface area contributed by atoms with E-state index in [9.17, 15) is 4.79 Å². The zero-order valence-electron chi connectivity index (χ0n) is 11.8. The molecular weight excluding hydrogens is 340 g/mol. The zero-order chi connectivity index (χ0) is 15.8. The second kappa shape index (κ2) is 5.78. The predicted octanol–water partition coefficient (Wildman–Crippen LogP) is 3.25. The van der Waals surface area contributed by atoms with Crippen LogP contribution in [0.1, 0.15) is 40.1 Å². The molecular formula is C14H11ClN4O3S. The Morgan fingerprint density at radius 3 is 2.96 bits per heavy atom. The van der Waals surface area contributed by atoms with Gasteiger partial charge >= 0.3 is 0 Å². The van der Waals surface area contributed by atoms with Crippen LogP contribution in [0.15, 0.2) is 27.2 Å². The van der Waals surface area contributed by atoms with Crippen LogP contribution in [0, 0.1) is 0 Å². The molecule has 0 bridgehead atoms. The van der Waals surface area contributed by atoms with E-state index in [0.717, 1.165) is 18.6 Å². The molecule has 0 saturated heterocycles. The lowest BCUT2D eigenvalue weighted by Gasteiger charge is -1.98. The molecule has 1 N–H and O–H groups in total. The van der Waals surface area contributed by atoms with Crippen LogP contribution in [0.5, 0.6) is 0 Å². The van der Waals surface area contributed by atoms with E-state index < -0.39 is 0 Å². The summed E-state index contributed by atoms with van der Waals surface area (Å²) in [6, 6.07) is 5.17. The number of hydrogen-bond donors (Lipinski definition) is 1. The number of hydrogen-bond acceptors (Lipinski definition) is 7. The molecule has 118 valence electrons. The average Bonchev–Trinajstić information content (AvgIpc) is 2.96. The normalized spacial score (nSPS) is 14.1. The maximum absolute atomic E-state index is 11.9. The Kier molecular flexibility index (Phi) is 3.62. The van der Waals surface area contributed by atoms with Gasteiger partial charge in [0.2, 0.25) is 11.7 Å². The minimum absolute atomic E-state index is 0.134. The van der Waals surface area contributed by atoms with Gasteiger partial charge in [0.1, 0.15) is 5.76 Å². The second-order valence-corrected chi connectivity index (χ2v) is 6.90. The van der Waals surface area contributed by atoms with E-state index in [4.69, 9.17) is 20.6 Å². The second-order valence-electron chi connectivity index (χ2n) is 5.19. The van der Waals surface area contributed by atoms with Gasteiger partial charge in [0.25, 0.3) is 5.91 Å². The maximum Gasteiger partial charge on any atom is 0.261 e. The van der Waals surface area contributed by atoms with Crippen molar-refractivity contribution < 1.29 is 13.8 Å². The molecule has 3 aromatic rings. The van der Waals surface area contributed by atoms with Gasteiger partial charge in [0.05, 0.1) is 15.8 Å². The molecule has 0 atom stereocenters. The maximum atomic E-state index is 11.9. The summed E-state index contributed by atoms with van der Waals surface area (Å²) in [4.78, 5) is 16.7. The Hall–Kier alpha value is -2.19. The van der Waals surface area contributed by atoms with Crippen molar-refractivity contribution in [3.05, 3.63) is 39.1 Å². The molecule has 0 aromatic carbocycles. The summed E-state index contributed by atoms with van der Waals surface area (Å²) < 4.78 is 10.9. The summed E-state index contributed by atoms with van der Waals surface area (Å²) in [5, 5.41) is 10.5. The molecule has 23 heavy (non-hydrogen) atoms. The van der Waals surface area contributed by atoms with Crippen LogP contribution in [-0.4, -0.2) is 21.2 Å². The van der Waals surface area contributed by atoms with E-state index in [1.54, 1.807) is 12.1 Å². The first kappa shape index (κ1) is 14.4. The molecule has 3 aromatic heterocycles. The van der Waals surface area contributed by atoms with Gasteiger partial charge in [-0.2, -0.15) is 4.98 Å². The van der Waals surface area contributed by atoms with Crippen molar-refractivity contribution in [2.24, 2.45) is 0 Å². The largest absolute Gasteiger partial charge is 0.360 e. The first-order valence-electron chi connectivity index (χ1n) is 7.02. The Morgan fingerprint density at radius 2 is 2.22 bits per heavy atom. The van der Waals surface area contributed by atoms with Crippen molar-refractivity contribution in [3.8, 4) is 11.5 Å². The standard InChI is InChI=1S/C14H11ClN4O3S/c15-11-4-3-10(23-11)14(20)16-6-12-17-13(19-22-12)8-5-9(21-18-8)7-1-2-7/h3-5,7H,1-2,6H2,(H,16,20). The van der Waals surface area contributed by atoms with Crippen LogP contribution in [0.2, 0.25) is 4.34 Å². The van der Waals surface area contributed by atoms with E-state index >= 15 is 0 Å². The van der Waals surface area contributed by atoms with E-state index in [1.807, 2.05) is 6.07 Å². The van der Waals surface area contributed by atoms with Gasteiger partial charge in [-0.05, 0) is 25.0 Å². The molecule has 0 spiro atoms. The van der Waals surface area contributed by atoms with E-state index in [2.05, 4.69) is 20.6 Å². The third-order valence-electron chi connectivity index (χ3n) is 3.40. The number of carbonyl (C=O) groups excluding carboxylic acids is 1. The van der Waals surface area contributed by atoms with Crippen LogP contribution in [0.4, 0.5) is 0 Å². The molecule has 1 fully saturated rings. The number of aromatic nitrogens is 3. The highest BCUT2D eigenvalue weighted by molar-refractivity contribution is 7.17. The highest BCUT2D eigenvalue weighted by atomic mass is 35.5. The van der Waals surface area contributed by atoms with Gasteiger partial charge in [-0.25, -0.2) is 0 Å². The summed E-state index contributed by atoms with van der Waals surface area (Å²) in [6.07, 6.45) is 2.26. The van der Waals surface area contributed by atoms with Gasteiger partial charge in [-0.1, -0.05) is 21.9 Å². The average molecular weight is 351 g/mol. The molecule has 1 aliphatic rings. The monoisotopic (exact) mass is 350 g/mol. The zero-order valence-corrected chi connectivity index (χ0v) is 13.4.